The van der Waals surface area contributed by atoms with Crippen molar-refractivity contribution in [2.24, 2.45) is 11.8 Å². The molecule has 0 unspecified atom stereocenters. The van der Waals surface area contributed by atoms with E-state index in [0.717, 1.165) is 12.8 Å². The third kappa shape index (κ3) is 1.47. The maximum absolute atomic E-state index is 11.6. The van der Waals surface area contributed by atoms with E-state index < -0.39 is 5.97 Å². The lowest BCUT2D eigenvalue weighted by Gasteiger charge is -2.21. The van der Waals surface area contributed by atoms with E-state index in [1.54, 1.807) is 0 Å². The Morgan fingerprint density at radius 3 is 3.00 bits per heavy atom. The highest BCUT2D eigenvalue weighted by atomic mass is 16.5. The summed E-state index contributed by atoms with van der Waals surface area (Å²) in [4.78, 5) is 22.8. The molecular formula is C11H14O3. The molecule has 2 atom stereocenters. The topological polar surface area (TPSA) is 43.4 Å². The molecule has 14 heavy (non-hydrogen) atoms. The van der Waals surface area contributed by atoms with Crippen LogP contribution < -0.4 is 0 Å². The normalized spacial score (nSPS) is 30.9. The Hall–Kier alpha value is -1.12. The van der Waals surface area contributed by atoms with Crippen LogP contribution in [0.4, 0.5) is 0 Å². The van der Waals surface area contributed by atoms with Crippen LogP contribution in [0.15, 0.2) is 11.6 Å². The van der Waals surface area contributed by atoms with Crippen molar-refractivity contribution in [2.75, 3.05) is 7.11 Å². The zero-order chi connectivity index (χ0) is 10.1. The highest BCUT2D eigenvalue weighted by molar-refractivity contribution is 6.17. The summed E-state index contributed by atoms with van der Waals surface area (Å²) in [7, 11) is 1.32. The highest BCUT2D eigenvalue weighted by Crippen LogP contribution is 2.39. The molecule has 1 fully saturated rings. The van der Waals surface area contributed by atoms with E-state index in [-0.39, 0.29) is 11.4 Å². The Morgan fingerprint density at radius 1 is 1.50 bits per heavy atom. The molecule has 0 aromatic rings. The monoisotopic (exact) mass is 194 g/mol. The number of rotatable bonds is 1. The fraction of sp³-hybridized carbons (Fsp3) is 0.636. The molecule has 0 aromatic heterocycles. The number of esters is 1. The number of hydrogen-bond acceptors (Lipinski definition) is 3. The second kappa shape index (κ2) is 3.56. The third-order valence-corrected chi connectivity index (χ3v) is 3.25. The summed E-state index contributed by atoms with van der Waals surface area (Å²) in [6, 6.07) is 0. The summed E-state index contributed by atoms with van der Waals surface area (Å²) in [5.41, 5.74) is 0.274. The number of ether oxygens (including phenoxy) is 1. The lowest BCUT2D eigenvalue weighted by Crippen LogP contribution is -2.25. The van der Waals surface area contributed by atoms with Gasteiger partial charge in [-0.25, -0.2) is 4.79 Å². The first-order valence-electron chi connectivity index (χ1n) is 5.05. The van der Waals surface area contributed by atoms with E-state index in [2.05, 4.69) is 4.74 Å². The lowest BCUT2D eigenvalue weighted by molar-refractivity contribution is -0.138. The van der Waals surface area contributed by atoms with E-state index in [1.165, 1.54) is 13.5 Å². The number of Topliss-reactive ketones (excluding diaryl/α,β-unsaturated/α-hetero) is 1. The summed E-state index contributed by atoms with van der Waals surface area (Å²) >= 11 is 0. The van der Waals surface area contributed by atoms with Gasteiger partial charge in [0.15, 0.2) is 5.78 Å². The molecule has 2 aliphatic rings. The molecule has 0 aromatic carbocycles. The van der Waals surface area contributed by atoms with Gasteiger partial charge in [0.1, 0.15) is 0 Å². The van der Waals surface area contributed by atoms with Gasteiger partial charge in [-0.1, -0.05) is 12.5 Å². The summed E-state index contributed by atoms with van der Waals surface area (Å²) in [6.07, 6.45) is 5.77. The van der Waals surface area contributed by atoms with E-state index in [4.69, 9.17) is 0 Å². The maximum Gasteiger partial charge on any atom is 0.341 e. The fourth-order valence-corrected chi connectivity index (χ4v) is 2.49. The average Bonchev–Trinajstić information content (AvgIpc) is 2.62. The molecule has 0 spiro atoms. The van der Waals surface area contributed by atoms with Gasteiger partial charge in [0.05, 0.1) is 12.7 Å². The van der Waals surface area contributed by atoms with Crippen molar-refractivity contribution in [1.29, 1.82) is 0 Å². The molecule has 2 rings (SSSR count). The molecule has 3 nitrogen and oxygen atoms in total. The van der Waals surface area contributed by atoms with E-state index in [0.29, 0.717) is 18.3 Å². The zero-order valence-corrected chi connectivity index (χ0v) is 8.29. The summed E-state index contributed by atoms with van der Waals surface area (Å²) in [6.45, 7) is 0. The minimum absolute atomic E-state index is 0.0417. The predicted molar refractivity (Wildman–Crippen MR) is 50.6 cm³/mol. The second-order valence-corrected chi connectivity index (χ2v) is 4.05. The summed E-state index contributed by atoms with van der Waals surface area (Å²) in [5, 5.41) is 0. The Labute approximate surface area is 83.1 Å². The Balaban J connectivity index is 2.23. The van der Waals surface area contributed by atoms with Gasteiger partial charge in [-0.05, 0) is 24.7 Å². The Bertz CT molecular complexity index is 304. The van der Waals surface area contributed by atoms with Gasteiger partial charge < -0.3 is 4.74 Å². The van der Waals surface area contributed by atoms with Crippen LogP contribution in [0.5, 0.6) is 0 Å². The van der Waals surface area contributed by atoms with Gasteiger partial charge in [-0.3, -0.25) is 4.79 Å². The molecular weight excluding hydrogens is 180 g/mol. The molecule has 1 saturated carbocycles. The SMILES string of the molecule is COC(=O)C1=C[C@H]2CCC[C@H]2CC1=O. The molecule has 0 amide bonds. The van der Waals surface area contributed by atoms with E-state index in [9.17, 15) is 9.59 Å². The molecule has 3 heteroatoms. The molecule has 0 radical (unpaired) electrons. The van der Waals surface area contributed by atoms with Crippen molar-refractivity contribution in [2.45, 2.75) is 25.7 Å². The van der Waals surface area contributed by atoms with Crippen molar-refractivity contribution in [3.63, 3.8) is 0 Å². The number of ketones is 1. The van der Waals surface area contributed by atoms with Crippen LogP contribution in [0, 0.1) is 11.8 Å². The largest absolute Gasteiger partial charge is 0.465 e. The van der Waals surface area contributed by atoms with E-state index in [1.807, 2.05) is 6.08 Å². The third-order valence-electron chi connectivity index (χ3n) is 3.25. The first-order valence-corrected chi connectivity index (χ1v) is 5.05. The van der Waals surface area contributed by atoms with Crippen molar-refractivity contribution in [1.82, 2.24) is 0 Å². The zero-order valence-electron chi connectivity index (χ0n) is 8.29. The van der Waals surface area contributed by atoms with Gasteiger partial charge in [0.2, 0.25) is 0 Å². The molecule has 2 aliphatic carbocycles. The fourth-order valence-electron chi connectivity index (χ4n) is 2.49. The van der Waals surface area contributed by atoms with Crippen LogP contribution in [0.1, 0.15) is 25.7 Å². The smallest absolute Gasteiger partial charge is 0.341 e. The number of allylic oxidation sites excluding steroid dienone is 1. The lowest BCUT2D eigenvalue weighted by atomic mass is 9.82. The standard InChI is InChI=1S/C11H14O3/c1-14-11(13)9-5-7-3-2-4-8(7)6-10(9)12/h5,7-8H,2-4,6H2,1H3/t7-,8+/m1/s1. The second-order valence-electron chi connectivity index (χ2n) is 4.05. The number of carbonyl (C=O) groups is 2. The minimum atomic E-state index is -0.472. The van der Waals surface area contributed by atoms with Crippen LogP contribution in [0.3, 0.4) is 0 Å². The first kappa shape index (κ1) is 9.44. The molecule has 0 bridgehead atoms. The summed E-state index contributed by atoms with van der Waals surface area (Å²) < 4.78 is 4.58. The maximum atomic E-state index is 11.6. The van der Waals surface area contributed by atoms with Crippen molar-refractivity contribution < 1.29 is 14.3 Å². The average molecular weight is 194 g/mol. The molecule has 0 saturated heterocycles. The van der Waals surface area contributed by atoms with Crippen molar-refractivity contribution in [3.05, 3.63) is 11.6 Å². The number of methoxy groups -OCH3 is 1. The van der Waals surface area contributed by atoms with E-state index >= 15 is 0 Å². The van der Waals surface area contributed by atoms with Gasteiger partial charge >= 0.3 is 5.97 Å². The van der Waals surface area contributed by atoms with Crippen LogP contribution in [-0.4, -0.2) is 18.9 Å². The molecule has 76 valence electrons. The Kier molecular flexibility index (Phi) is 2.40. The summed E-state index contributed by atoms with van der Waals surface area (Å²) in [5.74, 6) is 0.401. The van der Waals surface area contributed by atoms with Gasteiger partial charge in [0.25, 0.3) is 0 Å². The number of carbonyl (C=O) groups excluding carboxylic acids is 2. The van der Waals surface area contributed by atoms with Gasteiger partial charge in [-0.15, -0.1) is 0 Å². The van der Waals surface area contributed by atoms with Crippen LogP contribution in [0.25, 0.3) is 0 Å². The number of fused-ring (bicyclic) bond motifs is 1. The quantitative estimate of drug-likeness (QED) is 0.469. The van der Waals surface area contributed by atoms with Crippen LogP contribution in [0.2, 0.25) is 0 Å². The van der Waals surface area contributed by atoms with Crippen molar-refractivity contribution >= 4 is 11.8 Å². The molecule has 0 heterocycles. The Morgan fingerprint density at radius 2 is 2.29 bits per heavy atom. The first-order chi connectivity index (χ1) is 6.72. The predicted octanol–water partition coefficient (Wildman–Crippen LogP) is 1.47. The highest BCUT2D eigenvalue weighted by Gasteiger charge is 2.35. The molecule has 0 aliphatic heterocycles. The van der Waals surface area contributed by atoms with Gasteiger partial charge in [-0.2, -0.15) is 0 Å². The van der Waals surface area contributed by atoms with Crippen molar-refractivity contribution in [3.8, 4) is 0 Å². The van der Waals surface area contributed by atoms with Gasteiger partial charge in [0, 0.05) is 6.42 Å². The molecule has 0 N–H and O–H groups in total. The number of hydrogen-bond donors (Lipinski definition) is 0. The van der Waals surface area contributed by atoms with Crippen LogP contribution in [-0.2, 0) is 14.3 Å². The van der Waals surface area contributed by atoms with Crippen LogP contribution >= 0.6 is 0 Å². The minimum Gasteiger partial charge on any atom is -0.465 e.